The van der Waals surface area contributed by atoms with Crippen molar-refractivity contribution in [2.75, 3.05) is 11.9 Å². The number of benzene rings is 2. The molecule has 2 aromatic carbocycles. The zero-order valence-corrected chi connectivity index (χ0v) is 10.9. The molecule has 92 valence electrons. The lowest BCUT2D eigenvalue weighted by atomic mass is 10.2. The van der Waals surface area contributed by atoms with Crippen LogP contribution < -0.4 is 4.90 Å². The van der Waals surface area contributed by atoms with Crippen LogP contribution in [0, 0.1) is 0 Å². The van der Waals surface area contributed by atoms with E-state index in [1.165, 1.54) is 0 Å². The van der Waals surface area contributed by atoms with E-state index in [0.717, 1.165) is 23.6 Å². The summed E-state index contributed by atoms with van der Waals surface area (Å²) in [5, 5.41) is 0. The molecule has 0 fully saturated rings. The van der Waals surface area contributed by atoms with E-state index < -0.39 is 0 Å². The van der Waals surface area contributed by atoms with E-state index in [1.54, 1.807) is 0 Å². The molecule has 2 rings (SSSR count). The van der Waals surface area contributed by atoms with E-state index >= 15 is 0 Å². The number of hydrogen-bond donors (Lipinski definition) is 0. The second-order valence-electron chi connectivity index (χ2n) is 4.00. The molecule has 0 aromatic heterocycles. The van der Waals surface area contributed by atoms with E-state index in [0.29, 0.717) is 0 Å². The van der Waals surface area contributed by atoms with Crippen LogP contribution in [0.4, 0.5) is 11.4 Å². The van der Waals surface area contributed by atoms with Gasteiger partial charge in [0.1, 0.15) is 5.84 Å². The lowest BCUT2D eigenvalue weighted by Gasteiger charge is -2.25. The summed E-state index contributed by atoms with van der Waals surface area (Å²) in [7, 11) is 1.84. The van der Waals surface area contributed by atoms with Crippen molar-refractivity contribution in [1.82, 2.24) is 0 Å². The van der Waals surface area contributed by atoms with E-state index in [9.17, 15) is 0 Å². The van der Waals surface area contributed by atoms with Crippen LogP contribution in [0.25, 0.3) is 0 Å². The van der Waals surface area contributed by atoms with Gasteiger partial charge in [0.2, 0.25) is 0 Å². The molecule has 0 atom stereocenters. The summed E-state index contributed by atoms with van der Waals surface area (Å²) >= 11 is 0. The van der Waals surface area contributed by atoms with Gasteiger partial charge in [0.25, 0.3) is 0 Å². The van der Waals surface area contributed by atoms with Crippen LogP contribution in [-0.4, -0.2) is 12.9 Å². The number of nitrogens with zero attached hydrogens (tertiary/aromatic N) is 2. The van der Waals surface area contributed by atoms with E-state index in [4.69, 9.17) is 0 Å². The molecule has 2 nitrogen and oxygen atoms in total. The lowest BCUT2D eigenvalue weighted by molar-refractivity contribution is 1.16. The van der Waals surface area contributed by atoms with Gasteiger partial charge in [-0.2, -0.15) is 0 Å². The second kappa shape index (κ2) is 6.01. The summed E-state index contributed by atoms with van der Waals surface area (Å²) in [6.45, 7) is 2.13. The second-order valence-corrected chi connectivity index (χ2v) is 4.00. The zero-order valence-electron chi connectivity index (χ0n) is 10.9. The van der Waals surface area contributed by atoms with Crippen molar-refractivity contribution in [3.8, 4) is 0 Å². The van der Waals surface area contributed by atoms with Gasteiger partial charge in [0.05, 0.1) is 0 Å². The summed E-state index contributed by atoms with van der Waals surface area (Å²) in [6, 6.07) is 20.7. The molecule has 0 saturated carbocycles. The SMILES string of the molecule is CCC(=NC)N(c1ccccc1)c1ccccc1. The number of anilines is 2. The first kappa shape index (κ1) is 12.4. The molecular formula is C16H18N2. The standard InChI is InChI=1S/C16H18N2/c1-3-16(17-2)18(14-10-6-4-7-11-14)15-12-8-5-9-13-15/h4-13H,3H2,1-2H3. The van der Waals surface area contributed by atoms with Crippen molar-refractivity contribution >= 4 is 17.2 Å². The first-order valence-corrected chi connectivity index (χ1v) is 6.22. The molecule has 2 heteroatoms. The smallest absolute Gasteiger partial charge is 0.107 e. The van der Waals surface area contributed by atoms with Crippen LogP contribution in [0.1, 0.15) is 13.3 Å². The normalized spacial score (nSPS) is 11.3. The van der Waals surface area contributed by atoms with Crippen LogP contribution in [-0.2, 0) is 0 Å². The largest absolute Gasteiger partial charge is 0.299 e. The van der Waals surface area contributed by atoms with Crippen LogP contribution in [0.2, 0.25) is 0 Å². The Kier molecular flexibility index (Phi) is 4.13. The van der Waals surface area contributed by atoms with Gasteiger partial charge in [-0.3, -0.25) is 9.89 Å². The molecular weight excluding hydrogens is 220 g/mol. The molecule has 0 amide bonds. The number of para-hydroxylation sites is 2. The predicted octanol–water partition coefficient (Wildman–Crippen LogP) is 4.26. The van der Waals surface area contributed by atoms with Gasteiger partial charge < -0.3 is 0 Å². The maximum Gasteiger partial charge on any atom is 0.107 e. The molecule has 0 aliphatic rings. The van der Waals surface area contributed by atoms with Crippen molar-refractivity contribution < 1.29 is 0 Å². The molecule has 0 unspecified atom stereocenters. The summed E-state index contributed by atoms with van der Waals surface area (Å²) in [5.41, 5.74) is 2.29. The highest BCUT2D eigenvalue weighted by Crippen LogP contribution is 2.26. The Morgan fingerprint density at radius 2 is 1.33 bits per heavy atom. The highest BCUT2D eigenvalue weighted by Gasteiger charge is 2.13. The summed E-state index contributed by atoms with van der Waals surface area (Å²) in [6.07, 6.45) is 0.903. The van der Waals surface area contributed by atoms with Crippen molar-refractivity contribution in [2.45, 2.75) is 13.3 Å². The number of rotatable bonds is 3. The molecule has 0 spiro atoms. The molecule has 0 aliphatic carbocycles. The Bertz CT molecular complexity index is 464. The highest BCUT2D eigenvalue weighted by molar-refractivity contribution is 6.03. The van der Waals surface area contributed by atoms with Crippen LogP contribution in [0.3, 0.4) is 0 Å². The van der Waals surface area contributed by atoms with Gasteiger partial charge in [-0.1, -0.05) is 43.3 Å². The molecule has 0 bridgehead atoms. The summed E-state index contributed by atoms with van der Waals surface area (Å²) in [5.74, 6) is 1.06. The number of amidine groups is 1. The average Bonchev–Trinajstić information content (AvgIpc) is 2.46. The van der Waals surface area contributed by atoms with Crippen LogP contribution in [0.5, 0.6) is 0 Å². The number of hydrogen-bond acceptors (Lipinski definition) is 1. The van der Waals surface area contributed by atoms with Crippen LogP contribution >= 0.6 is 0 Å². The van der Waals surface area contributed by atoms with Gasteiger partial charge >= 0.3 is 0 Å². The Hall–Kier alpha value is -2.09. The van der Waals surface area contributed by atoms with Crippen LogP contribution in [0.15, 0.2) is 65.7 Å². The fourth-order valence-electron chi connectivity index (χ4n) is 2.02. The van der Waals surface area contributed by atoms with Gasteiger partial charge in [-0.05, 0) is 24.3 Å². The Morgan fingerprint density at radius 1 is 0.889 bits per heavy atom. The Morgan fingerprint density at radius 3 is 1.67 bits per heavy atom. The van der Waals surface area contributed by atoms with Crippen molar-refractivity contribution in [3.05, 3.63) is 60.7 Å². The zero-order chi connectivity index (χ0) is 12.8. The van der Waals surface area contributed by atoms with E-state index in [2.05, 4.69) is 41.1 Å². The molecule has 18 heavy (non-hydrogen) atoms. The minimum atomic E-state index is 0.903. The quantitative estimate of drug-likeness (QED) is 0.576. The molecule has 0 aliphatic heterocycles. The topological polar surface area (TPSA) is 15.6 Å². The van der Waals surface area contributed by atoms with Crippen molar-refractivity contribution in [2.24, 2.45) is 4.99 Å². The third-order valence-electron chi connectivity index (χ3n) is 2.86. The first-order valence-electron chi connectivity index (χ1n) is 6.22. The van der Waals surface area contributed by atoms with E-state index in [1.807, 2.05) is 43.4 Å². The summed E-state index contributed by atoms with van der Waals surface area (Å²) in [4.78, 5) is 6.60. The molecule has 0 radical (unpaired) electrons. The summed E-state index contributed by atoms with van der Waals surface area (Å²) < 4.78 is 0. The molecule has 0 saturated heterocycles. The average molecular weight is 238 g/mol. The predicted molar refractivity (Wildman–Crippen MR) is 78.7 cm³/mol. The van der Waals surface area contributed by atoms with Gasteiger partial charge in [-0.25, -0.2) is 0 Å². The minimum Gasteiger partial charge on any atom is -0.299 e. The Balaban J connectivity index is 2.48. The van der Waals surface area contributed by atoms with Crippen molar-refractivity contribution in [1.29, 1.82) is 0 Å². The highest BCUT2D eigenvalue weighted by atomic mass is 15.2. The third-order valence-corrected chi connectivity index (χ3v) is 2.86. The van der Waals surface area contributed by atoms with Gasteiger partial charge in [-0.15, -0.1) is 0 Å². The monoisotopic (exact) mass is 238 g/mol. The Labute approximate surface area is 109 Å². The fraction of sp³-hybridized carbons (Fsp3) is 0.188. The maximum absolute atomic E-state index is 4.40. The minimum absolute atomic E-state index is 0.903. The number of aliphatic imine (C=N–C) groups is 1. The van der Waals surface area contributed by atoms with E-state index in [-0.39, 0.29) is 0 Å². The molecule has 0 heterocycles. The fourth-order valence-corrected chi connectivity index (χ4v) is 2.02. The molecule has 0 N–H and O–H groups in total. The van der Waals surface area contributed by atoms with Gasteiger partial charge in [0.15, 0.2) is 0 Å². The third kappa shape index (κ3) is 2.59. The first-order chi connectivity index (χ1) is 8.86. The molecule has 2 aromatic rings. The maximum atomic E-state index is 4.40. The van der Waals surface area contributed by atoms with Crippen molar-refractivity contribution in [3.63, 3.8) is 0 Å². The van der Waals surface area contributed by atoms with Gasteiger partial charge in [0, 0.05) is 24.8 Å². The lowest BCUT2D eigenvalue weighted by Crippen LogP contribution is -2.25.